The Bertz CT molecular complexity index is 579. The first-order chi connectivity index (χ1) is 9.61. The summed E-state index contributed by atoms with van der Waals surface area (Å²) in [4.78, 5) is 27.6. The molecule has 0 saturated carbocycles. The van der Waals surface area contributed by atoms with E-state index >= 15 is 0 Å². The number of nitrogens with one attached hydrogen (secondary N) is 3. The highest BCUT2D eigenvalue weighted by molar-refractivity contribution is 5.97. The molecule has 2 aromatic rings. The Morgan fingerprint density at radius 2 is 2.20 bits per heavy atom. The second kappa shape index (κ2) is 6.14. The first-order valence-corrected chi connectivity index (χ1v) is 6.42. The van der Waals surface area contributed by atoms with Crippen molar-refractivity contribution < 1.29 is 4.79 Å². The third-order valence-electron chi connectivity index (χ3n) is 2.80. The highest BCUT2D eigenvalue weighted by atomic mass is 16.1. The van der Waals surface area contributed by atoms with E-state index in [9.17, 15) is 4.79 Å². The average Bonchev–Trinajstić information content (AvgIpc) is 2.97. The van der Waals surface area contributed by atoms with E-state index in [1.54, 1.807) is 25.8 Å². The minimum Gasteiger partial charge on any atom is -0.385 e. The van der Waals surface area contributed by atoms with Crippen LogP contribution in [0, 0.1) is 0 Å². The quantitative estimate of drug-likeness (QED) is 0.763. The molecule has 0 fully saturated rings. The maximum absolute atomic E-state index is 12.2. The predicted molar refractivity (Wildman–Crippen MR) is 75.4 cm³/mol. The van der Waals surface area contributed by atoms with Gasteiger partial charge in [0.15, 0.2) is 5.69 Å². The summed E-state index contributed by atoms with van der Waals surface area (Å²) in [6.45, 7) is 4.35. The SMILES string of the molecule is CNc1cnc(C(C)C)nc1C(=O)NCc1cnc[nH]1. The number of nitrogens with zero attached hydrogens (tertiary/aromatic N) is 3. The van der Waals surface area contributed by atoms with Crippen LogP contribution < -0.4 is 10.6 Å². The fraction of sp³-hybridized carbons (Fsp3) is 0.385. The molecule has 0 spiro atoms. The molecule has 0 saturated heterocycles. The Morgan fingerprint density at radius 3 is 2.80 bits per heavy atom. The number of H-pyrrole nitrogens is 1. The van der Waals surface area contributed by atoms with Crippen molar-refractivity contribution >= 4 is 11.6 Å². The molecule has 0 atom stereocenters. The lowest BCUT2D eigenvalue weighted by atomic mass is 10.2. The first kappa shape index (κ1) is 14.0. The van der Waals surface area contributed by atoms with Gasteiger partial charge in [0.2, 0.25) is 0 Å². The summed E-state index contributed by atoms with van der Waals surface area (Å²) in [5.41, 5.74) is 1.80. The van der Waals surface area contributed by atoms with Crippen molar-refractivity contribution in [3.63, 3.8) is 0 Å². The molecular weight excluding hydrogens is 256 g/mol. The largest absolute Gasteiger partial charge is 0.385 e. The minimum absolute atomic E-state index is 0.167. The number of rotatable bonds is 5. The number of hydrogen-bond acceptors (Lipinski definition) is 5. The molecule has 106 valence electrons. The molecule has 0 radical (unpaired) electrons. The molecule has 2 heterocycles. The molecule has 0 bridgehead atoms. The van der Waals surface area contributed by atoms with E-state index in [2.05, 4.69) is 30.6 Å². The van der Waals surface area contributed by atoms with Crippen LogP contribution >= 0.6 is 0 Å². The van der Waals surface area contributed by atoms with E-state index < -0.39 is 0 Å². The van der Waals surface area contributed by atoms with Crippen LogP contribution in [-0.4, -0.2) is 32.9 Å². The molecule has 0 aromatic carbocycles. The zero-order chi connectivity index (χ0) is 14.5. The van der Waals surface area contributed by atoms with Crippen LogP contribution in [0.2, 0.25) is 0 Å². The normalized spacial score (nSPS) is 10.6. The summed E-state index contributed by atoms with van der Waals surface area (Å²) in [5.74, 6) is 0.573. The van der Waals surface area contributed by atoms with Crippen molar-refractivity contribution in [3.05, 3.63) is 35.9 Å². The van der Waals surface area contributed by atoms with Crippen LogP contribution in [0.3, 0.4) is 0 Å². The maximum atomic E-state index is 12.2. The molecule has 3 N–H and O–H groups in total. The molecule has 7 heteroatoms. The third kappa shape index (κ3) is 3.11. The minimum atomic E-state index is -0.242. The smallest absolute Gasteiger partial charge is 0.272 e. The molecule has 2 rings (SSSR count). The third-order valence-corrected chi connectivity index (χ3v) is 2.80. The first-order valence-electron chi connectivity index (χ1n) is 6.42. The lowest BCUT2D eigenvalue weighted by Crippen LogP contribution is -2.25. The van der Waals surface area contributed by atoms with Gasteiger partial charge in [-0.15, -0.1) is 0 Å². The van der Waals surface area contributed by atoms with Crippen molar-refractivity contribution in [1.82, 2.24) is 25.3 Å². The van der Waals surface area contributed by atoms with Crippen molar-refractivity contribution in [3.8, 4) is 0 Å². The zero-order valence-electron chi connectivity index (χ0n) is 11.8. The van der Waals surface area contributed by atoms with Gasteiger partial charge in [0.1, 0.15) is 5.82 Å². The Morgan fingerprint density at radius 1 is 1.40 bits per heavy atom. The highest BCUT2D eigenvalue weighted by Crippen LogP contribution is 2.15. The second-order valence-electron chi connectivity index (χ2n) is 4.65. The van der Waals surface area contributed by atoms with Gasteiger partial charge in [-0.05, 0) is 0 Å². The van der Waals surface area contributed by atoms with E-state index in [1.807, 2.05) is 13.8 Å². The summed E-state index contributed by atoms with van der Waals surface area (Å²) in [6, 6.07) is 0. The Balaban J connectivity index is 2.16. The molecule has 7 nitrogen and oxygen atoms in total. The predicted octanol–water partition coefficient (Wildman–Crippen LogP) is 1.29. The molecule has 0 aliphatic rings. The van der Waals surface area contributed by atoms with Crippen molar-refractivity contribution in [2.24, 2.45) is 0 Å². The van der Waals surface area contributed by atoms with Gasteiger partial charge in [0, 0.05) is 19.2 Å². The number of aromatic amines is 1. The summed E-state index contributed by atoms with van der Waals surface area (Å²) in [7, 11) is 1.74. The van der Waals surface area contributed by atoms with Gasteiger partial charge < -0.3 is 15.6 Å². The fourth-order valence-electron chi connectivity index (χ4n) is 1.67. The van der Waals surface area contributed by atoms with Gasteiger partial charge in [0.05, 0.1) is 30.5 Å². The zero-order valence-corrected chi connectivity index (χ0v) is 11.8. The van der Waals surface area contributed by atoms with Gasteiger partial charge in [-0.3, -0.25) is 4.79 Å². The summed E-state index contributed by atoms with van der Waals surface area (Å²) in [5, 5.41) is 5.73. The molecular formula is C13H18N6O. The van der Waals surface area contributed by atoms with Gasteiger partial charge in [-0.2, -0.15) is 0 Å². The number of carbonyl (C=O) groups is 1. The van der Waals surface area contributed by atoms with Gasteiger partial charge in [-0.1, -0.05) is 13.8 Å². The van der Waals surface area contributed by atoms with Gasteiger partial charge in [-0.25, -0.2) is 15.0 Å². The number of carbonyl (C=O) groups excluding carboxylic acids is 1. The molecule has 20 heavy (non-hydrogen) atoms. The highest BCUT2D eigenvalue weighted by Gasteiger charge is 2.15. The standard InChI is InChI=1S/C13H18N6O/c1-8(2)12-16-6-10(14-3)11(19-12)13(20)17-5-9-4-15-7-18-9/h4,6-8,14H,5H2,1-3H3,(H,15,18)(H,17,20). The average molecular weight is 274 g/mol. The number of hydrogen-bond donors (Lipinski definition) is 3. The number of anilines is 1. The van der Waals surface area contributed by atoms with Crippen LogP contribution in [0.5, 0.6) is 0 Å². The van der Waals surface area contributed by atoms with E-state index in [-0.39, 0.29) is 11.8 Å². The Kier molecular flexibility index (Phi) is 4.29. The Labute approximate surface area is 117 Å². The number of imidazole rings is 1. The summed E-state index contributed by atoms with van der Waals surface area (Å²) < 4.78 is 0. The van der Waals surface area contributed by atoms with Crippen molar-refractivity contribution in [2.45, 2.75) is 26.3 Å². The lowest BCUT2D eigenvalue weighted by Gasteiger charge is -2.11. The molecule has 0 aliphatic heterocycles. The van der Waals surface area contributed by atoms with Gasteiger partial charge in [0.25, 0.3) is 5.91 Å². The van der Waals surface area contributed by atoms with Crippen molar-refractivity contribution in [1.29, 1.82) is 0 Å². The van der Waals surface area contributed by atoms with Crippen molar-refractivity contribution in [2.75, 3.05) is 12.4 Å². The van der Waals surface area contributed by atoms with Crippen LogP contribution in [0.4, 0.5) is 5.69 Å². The van der Waals surface area contributed by atoms with E-state index in [1.165, 1.54) is 0 Å². The second-order valence-corrected chi connectivity index (χ2v) is 4.65. The monoisotopic (exact) mass is 274 g/mol. The van der Waals surface area contributed by atoms with Crippen LogP contribution in [0.1, 0.15) is 41.8 Å². The van der Waals surface area contributed by atoms with Crippen LogP contribution in [-0.2, 0) is 6.54 Å². The molecule has 2 aromatic heterocycles. The summed E-state index contributed by atoms with van der Waals surface area (Å²) in [6.07, 6.45) is 4.87. The summed E-state index contributed by atoms with van der Waals surface area (Å²) >= 11 is 0. The maximum Gasteiger partial charge on any atom is 0.272 e. The fourth-order valence-corrected chi connectivity index (χ4v) is 1.67. The molecule has 0 unspecified atom stereocenters. The Hall–Kier alpha value is -2.44. The van der Waals surface area contributed by atoms with Gasteiger partial charge >= 0.3 is 0 Å². The van der Waals surface area contributed by atoms with Crippen LogP contribution in [0.15, 0.2) is 18.7 Å². The van der Waals surface area contributed by atoms with Crippen LogP contribution in [0.25, 0.3) is 0 Å². The lowest BCUT2D eigenvalue weighted by molar-refractivity contribution is 0.0946. The molecule has 0 aliphatic carbocycles. The number of aromatic nitrogens is 4. The molecule has 1 amide bonds. The van der Waals surface area contributed by atoms with E-state index in [0.717, 1.165) is 5.69 Å². The van der Waals surface area contributed by atoms with E-state index in [0.29, 0.717) is 23.8 Å². The number of amides is 1. The van der Waals surface area contributed by atoms with E-state index in [4.69, 9.17) is 0 Å². The topological polar surface area (TPSA) is 95.6 Å².